The molecule has 0 aliphatic carbocycles. The second-order valence-electron chi connectivity index (χ2n) is 14.3. The number of rotatable bonds is 34. The number of nitrogens with zero attached hydrogens (tertiary/aromatic N) is 1. The number of quaternary nitrogens is 1. The highest BCUT2D eigenvalue weighted by atomic mass is 31.2. The molecule has 0 spiro atoms. The van der Waals surface area contributed by atoms with Crippen LogP contribution in [0.1, 0.15) is 174 Å². The summed E-state index contributed by atoms with van der Waals surface area (Å²) in [5.41, 5.74) is 0. The van der Waals surface area contributed by atoms with Gasteiger partial charge in [-0.1, -0.05) is 155 Å². The van der Waals surface area contributed by atoms with Crippen molar-refractivity contribution in [2.75, 3.05) is 40.9 Å². The second-order valence-corrected chi connectivity index (χ2v) is 15.8. The normalized spacial score (nSPS) is 14.7. The second kappa shape index (κ2) is 29.6. The Morgan fingerprint density at radius 2 is 1.07 bits per heavy atom. The van der Waals surface area contributed by atoms with Gasteiger partial charge in [0.15, 0.2) is 0 Å². The number of phosphoric acid groups is 1. The Morgan fingerprint density at radius 3 is 1.49 bits per heavy atom. The fourth-order valence-corrected chi connectivity index (χ4v) is 6.25. The lowest BCUT2D eigenvalue weighted by molar-refractivity contribution is -0.870. The van der Waals surface area contributed by atoms with E-state index in [4.69, 9.17) is 9.05 Å². The van der Waals surface area contributed by atoms with Gasteiger partial charge in [0.2, 0.25) is 5.91 Å². The number of aliphatic hydroxyl groups is 1. The number of carbonyl (C=O) groups is 1. The molecule has 0 heterocycles. The molecule has 3 N–H and O–H groups in total. The average Bonchev–Trinajstić information content (AvgIpc) is 2.97. The minimum absolute atomic E-state index is 0.0777. The first kappa shape index (κ1) is 44.5. The predicted molar refractivity (Wildman–Crippen MR) is 189 cm³/mol. The van der Waals surface area contributed by atoms with Crippen LogP contribution in [0.25, 0.3) is 0 Å². The maximum Gasteiger partial charge on any atom is 0.472 e. The van der Waals surface area contributed by atoms with E-state index in [2.05, 4.69) is 19.2 Å². The number of aliphatic hydroxyl groups excluding tert-OH is 1. The van der Waals surface area contributed by atoms with E-state index in [1.807, 2.05) is 21.1 Å². The van der Waals surface area contributed by atoms with E-state index in [0.29, 0.717) is 23.9 Å². The van der Waals surface area contributed by atoms with Crippen molar-refractivity contribution in [2.24, 2.45) is 0 Å². The summed E-state index contributed by atoms with van der Waals surface area (Å²) >= 11 is 0. The first-order valence-corrected chi connectivity index (χ1v) is 20.4. The van der Waals surface area contributed by atoms with Crippen LogP contribution in [-0.4, -0.2) is 73.4 Å². The Labute approximate surface area is 279 Å². The largest absolute Gasteiger partial charge is 0.472 e. The Kier molecular flexibility index (Phi) is 29.3. The van der Waals surface area contributed by atoms with Crippen molar-refractivity contribution in [3.63, 3.8) is 0 Å². The molecule has 0 radical (unpaired) electrons. The Hall–Kier alpha value is -0.500. The smallest absolute Gasteiger partial charge is 0.391 e. The van der Waals surface area contributed by atoms with E-state index in [1.165, 1.54) is 109 Å². The standard InChI is InChI=1S/C36H75N2O6P/c1-6-8-10-12-14-15-16-17-18-19-20-21-22-24-25-27-29-35(39)34(33-44-45(41,42)43-32-31-38(3,4)5)37-36(40)30-28-26-23-13-11-9-7-2/h34-35,39H,6-33H2,1-5H3,(H-,37,40,41,42)/p+1/t34-,35+/m0/s1. The van der Waals surface area contributed by atoms with Crippen molar-refractivity contribution < 1.29 is 32.9 Å². The first-order chi connectivity index (χ1) is 21.5. The summed E-state index contributed by atoms with van der Waals surface area (Å²) in [6.07, 6.45) is 28.5. The van der Waals surface area contributed by atoms with Crippen molar-refractivity contribution in [3.05, 3.63) is 0 Å². The summed E-state index contributed by atoms with van der Waals surface area (Å²) in [7, 11) is 1.62. The molecule has 0 saturated heterocycles. The molecule has 0 aliphatic heterocycles. The molecular formula is C36H76N2O6P+. The summed E-state index contributed by atoms with van der Waals surface area (Å²) in [5, 5.41) is 13.8. The van der Waals surface area contributed by atoms with Crippen molar-refractivity contribution in [1.82, 2.24) is 5.32 Å². The van der Waals surface area contributed by atoms with Crippen LogP contribution in [0.2, 0.25) is 0 Å². The number of hydrogen-bond donors (Lipinski definition) is 3. The Morgan fingerprint density at radius 1 is 0.667 bits per heavy atom. The maximum atomic E-state index is 12.7. The number of nitrogens with one attached hydrogen (secondary N) is 1. The molecule has 1 amide bonds. The van der Waals surface area contributed by atoms with Crippen LogP contribution in [0.15, 0.2) is 0 Å². The third kappa shape index (κ3) is 31.8. The van der Waals surface area contributed by atoms with Gasteiger partial charge in [-0.05, 0) is 12.8 Å². The maximum absolute atomic E-state index is 12.7. The monoisotopic (exact) mass is 664 g/mol. The first-order valence-electron chi connectivity index (χ1n) is 18.9. The van der Waals surface area contributed by atoms with Gasteiger partial charge in [0, 0.05) is 6.42 Å². The van der Waals surface area contributed by atoms with Crippen LogP contribution in [0.4, 0.5) is 0 Å². The predicted octanol–water partition coefficient (Wildman–Crippen LogP) is 9.46. The zero-order valence-electron chi connectivity index (χ0n) is 30.4. The van der Waals surface area contributed by atoms with E-state index >= 15 is 0 Å². The van der Waals surface area contributed by atoms with Gasteiger partial charge in [0.1, 0.15) is 13.2 Å². The van der Waals surface area contributed by atoms with Gasteiger partial charge in [-0.3, -0.25) is 13.8 Å². The van der Waals surface area contributed by atoms with E-state index < -0.39 is 20.0 Å². The summed E-state index contributed by atoms with van der Waals surface area (Å²) in [6, 6.07) is -0.749. The molecule has 270 valence electrons. The highest BCUT2D eigenvalue weighted by molar-refractivity contribution is 7.47. The third-order valence-electron chi connectivity index (χ3n) is 8.61. The van der Waals surface area contributed by atoms with Gasteiger partial charge in [-0.15, -0.1) is 0 Å². The molecule has 0 aromatic rings. The highest BCUT2D eigenvalue weighted by Crippen LogP contribution is 2.43. The quantitative estimate of drug-likeness (QED) is 0.0360. The lowest BCUT2D eigenvalue weighted by Crippen LogP contribution is -2.46. The Bertz CT molecular complexity index is 718. The summed E-state index contributed by atoms with van der Waals surface area (Å²) < 4.78 is 23.4. The van der Waals surface area contributed by atoms with Crippen molar-refractivity contribution in [3.8, 4) is 0 Å². The van der Waals surface area contributed by atoms with Gasteiger partial charge in [-0.25, -0.2) is 4.57 Å². The van der Waals surface area contributed by atoms with Gasteiger partial charge in [0.05, 0.1) is 39.9 Å². The van der Waals surface area contributed by atoms with Crippen molar-refractivity contribution >= 4 is 13.7 Å². The zero-order valence-corrected chi connectivity index (χ0v) is 31.3. The van der Waals surface area contributed by atoms with E-state index in [1.54, 1.807) is 0 Å². The lowest BCUT2D eigenvalue weighted by Gasteiger charge is -2.26. The molecule has 0 aromatic heterocycles. The Balaban J connectivity index is 4.35. The number of likely N-dealkylation sites (N-methyl/N-ethyl adjacent to an activating group) is 1. The van der Waals surface area contributed by atoms with Crippen LogP contribution >= 0.6 is 7.82 Å². The zero-order chi connectivity index (χ0) is 33.7. The van der Waals surface area contributed by atoms with E-state index in [0.717, 1.165) is 38.5 Å². The molecule has 0 fully saturated rings. The molecule has 45 heavy (non-hydrogen) atoms. The van der Waals surface area contributed by atoms with Gasteiger partial charge >= 0.3 is 7.82 Å². The minimum atomic E-state index is -4.29. The van der Waals surface area contributed by atoms with Crippen LogP contribution in [0, 0.1) is 0 Å². The molecule has 0 saturated carbocycles. The molecule has 0 aromatic carbocycles. The highest BCUT2D eigenvalue weighted by Gasteiger charge is 2.28. The topological polar surface area (TPSA) is 105 Å². The summed E-state index contributed by atoms with van der Waals surface area (Å²) in [4.78, 5) is 22.9. The molecule has 0 bridgehead atoms. The van der Waals surface area contributed by atoms with Crippen LogP contribution < -0.4 is 5.32 Å². The van der Waals surface area contributed by atoms with Crippen LogP contribution in [0.5, 0.6) is 0 Å². The van der Waals surface area contributed by atoms with Gasteiger partial charge in [-0.2, -0.15) is 0 Å². The minimum Gasteiger partial charge on any atom is -0.391 e. The lowest BCUT2D eigenvalue weighted by atomic mass is 10.0. The van der Waals surface area contributed by atoms with Gasteiger partial charge in [0.25, 0.3) is 0 Å². The fraction of sp³-hybridized carbons (Fsp3) is 0.972. The van der Waals surface area contributed by atoms with Crippen LogP contribution in [0.3, 0.4) is 0 Å². The fourth-order valence-electron chi connectivity index (χ4n) is 5.52. The van der Waals surface area contributed by atoms with Crippen molar-refractivity contribution in [2.45, 2.75) is 187 Å². The molecule has 3 atom stereocenters. The van der Waals surface area contributed by atoms with Gasteiger partial charge < -0.3 is 19.8 Å². The summed E-state index contributed by atoms with van der Waals surface area (Å²) in [6.45, 7) is 4.83. The molecular weight excluding hydrogens is 587 g/mol. The average molecular weight is 664 g/mol. The number of amides is 1. The molecule has 9 heteroatoms. The van der Waals surface area contributed by atoms with E-state index in [-0.39, 0.29) is 19.1 Å². The third-order valence-corrected chi connectivity index (χ3v) is 9.59. The molecule has 1 unspecified atom stereocenters. The molecule has 0 aliphatic rings. The SMILES string of the molecule is CCCCCCCCCCCCCCCCCC[C@@H](O)[C@H](COP(=O)(O)OCC[N+](C)(C)C)NC(=O)CCCCCCCCC. The number of unbranched alkanes of at least 4 members (excludes halogenated alkanes) is 21. The van der Waals surface area contributed by atoms with E-state index in [9.17, 15) is 19.4 Å². The summed E-state index contributed by atoms with van der Waals surface area (Å²) in [5.74, 6) is -0.151. The number of hydrogen-bond acceptors (Lipinski definition) is 5. The number of carbonyl (C=O) groups excluding carboxylic acids is 1. The van der Waals surface area contributed by atoms with Crippen molar-refractivity contribution in [1.29, 1.82) is 0 Å². The number of phosphoric ester groups is 1. The molecule has 0 rings (SSSR count). The molecule has 8 nitrogen and oxygen atoms in total. The van der Waals surface area contributed by atoms with Crippen LogP contribution in [-0.2, 0) is 18.4 Å².